The van der Waals surface area contributed by atoms with Crippen molar-refractivity contribution in [3.05, 3.63) is 88.4 Å². The summed E-state index contributed by atoms with van der Waals surface area (Å²) in [6, 6.07) is 20.9. The molecule has 0 radical (unpaired) electrons. The zero-order chi connectivity index (χ0) is 22.4. The Kier molecular flexibility index (Phi) is 5.29. The highest BCUT2D eigenvalue weighted by atomic mass is 35.5. The van der Waals surface area contributed by atoms with E-state index in [0.29, 0.717) is 16.5 Å². The van der Waals surface area contributed by atoms with E-state index >= 15 is 0 Å². The number of rotatable bonds is 4. The van der Waals surface area contributed by atoms with Crippen molar-refractivity contribution >= 4 is 46.4 Å². The molecule has 2 heterocycles. The summed E-state index contributed by atoms with van der Waals surface area (Å²) < 4.78 is 5.57. The van der Waals surface area contributed by atoms with Crippen LogP contribution in [0.1, 0.15) is 11.6 Å². The summed E-state index contributed by atoms with van der Waals surface area (Å²) in [6.07, 6.45) is -0.980. The van der Waals surface area contributed by atoms with Crippen molar-refractivity contribution in [2.24, 2.45) is 5.92 Å². The number of halogens is 2. The number of carbonyl (C=O) groups is 2. The van der Waals surface area contributed by atoms with E-state index in [1.807, 2.05) is 54.6 Å². The quantitative estimate of drug-likeness (QED) is 0.501. The second-order valence-electron chi connectivity index (χ2n) is 7.51. The molecule has 0 unspecified atom stereocenters. The third-order valence-corrected chi connectivity index (χ3v) is 6.48. The van der Waals surface area contributed by atoms with Gasteiger partial charge in [0.25, 0.3) is 5.91 Å². The number of methoxy groups -OCH3 is 1. The molecule has 0 spiro atoms. The van der Waals surface area contributed by atoms with Crippen LogP contribution in [-0.4, -0.2) is 25.0 Å². The lowest BCUT2D eigenvalue weighted by molar-refractivity contribution is -0.126. The number of hydroxylamine groups is 1. The Bertz CT molecular complexity index is 1200. The minimum Gasteiger partial charge on any atom is -0.496 e. The number of imide groups is 1. The second-order valence-corrected chi connectivity index (χ2v) is 8.32. The molecule has 2 aliphatic rings. The van der Waals surface area contributed by atoms with E-state index in [-0.39, 0.29) is 10.9 Å². The lowest BCUT2D eigenvalue weighted by atomic mass is 9.90. The zero-order valence-electron chi connectivity index (χ0n) is 16.9. The predicted octanol–water partition coefficient (Wildman–Crippen LogP) is 5.05. The first-order valence-electron chi connectivity index (χ1n) is 9.98. The fraction of sp³-hybridized carbons (Fsp3) is 0.167. The molecule has 8 heteroatoms. The van der Waals surface area contributed by atoms with Gasteiger partial charge in [-0.15, -0.1) is 0 Å². The normalized spacial score (nSPS) is 22.4. The number of hydrogen-bond acceptors (Lipinski definition) is 5. The smallest absolute Gasteiger partial charge is 0.266 e. The molecular weight excluding hydrogens is 451 g/mol. The number of anilines is 2. The molecule has 2 saturated heterocycles. The molecule has 162 valence electrons. The van der Waals surface area contributed by atoms with Crippen LogP contribution in [0.25, 0.3) is 0 Å². The monoisotopic (exact) mass is 468 g/mol. The van der Waals surface area contributed by atoms with Crippen molar-refractivity contribution in [3.63, 3.8) is 0 Å². The second kappa shape index (κ2) is 8.13. The fourth-order valence-corrected chi connectivity index (χ4v) is 4.61. The molecule has 2 amide bonds. The van der Waals surface area contributed by atoms with Crippen LogP contribution in [0.2, 0.25) is 10.0 Å². The first-order chi connectivity index (χ1) is 15.5. The summed E-state index contributed by atoms with van der Waals surface area (Å²) in [7, 11) is 1.57. The lowest BCUT2D eigenvalue weighted by Crippen LogP contribution is -2.37. The Hall–Kier alpha value is -3.06. The number of ether oxygens (including phenoxy) is 1. The van der Waals surface area contributed by atoms with Crippen LogP contribution < -0.4 is 14.7 Å². The van der Waals surface area contributed by atoms with E-state index in [4.69, 9.17) is 32.8 Å². The van der Waals surface area contributed by atoms with Crippen molar-refractivity contribution in [2.45, 2.75) is 12.1 Å². The first-order valence-corrected chi connectivity index (χ1v) is 10.7. The Balaban J connectivity index is 1.61. The Morgan fingerprint density at radius 3 is 2.28 bits per heavy atom. The standard InChI is InChI=1S/C24H18Cl2N2O4/c1-31-19-10-6-5-9-16(19)21-20-22(32-28(21)14-7-3-2-4-8-14)24(30)27(23(20)29)15-11-12-17(25)18(26)13-15/h2-13,20-22H,1H3/t20-,21+,22-/m0/s1. The largest absolute Gasteiger partial charge is 0.496 e. The van der Waals surface area contributed by atoms with Crippen molar-refractivity contribution in [2.75, 3.05) is 17.1 Å². The molecule has 0 saturated carbocycles. The molecule has 0 N–H and O–H groups in total. The number of amides is 2. The van der Waals surface area contributed by atoms with Gasteiger partial charge in [-0.25, -0.2) is 9.96 Å². The molecule has 2 aliphatic heterocycles. The van der Waals surface area contributed by atoms with Crippen molar-refractivity contribution in [1.29, 1.82) is 0 Å². The number of fused-ring (bicyclic) bond motifs is 1. The third kappa shape index (κ3) is 3.23. The minimum absolute atomic E-state index is 0.259. The molecule has 3 aromatic rings. The average molecular weight is 469 g/mol. The van der Waals surface area contributed by atoms with Crippen LogP contribution >= 0.6 is 23.2 Å². The van der Waals surface area contributed by atoms with Gasteiger partial charge >= 0.3 is 0 Å². The molecule has 0 aromatic heterocycles. The van der Waals surface area contributed by atoms with Gasteiger partial charge in [-0.2, -0.15) is 0 Å². The van der Waals surface area contributed by atoms with Gasteiger partial charge in [0.2, 0.25) is 5.91 Å². The van der Waals surface area contributed by atoms with E-state index in [1.54, 1.807) is 24.3 Å². The Morgan fingerprint density at radius 2 is 1.56 bits per heavy atom. The molecule has 2 fully saturated rings. The number of carbonyl (C=O) groups excluding carboxylic acids is 2. The fourth-order valence-electron chi connectivity index (χ4n) is 4.32. The number of hydrogen-bond donors (Lipinski definition) is 0. The summed E-state index contributed by atoms with van der Waals surface area (Å²) in [5.41, 5.74) is 1.85. The van der Waals surface area contributed by atoms with Crippen molar-refractivity contribution in [1.82, 2.24) is 0 Å². The summed E-state index contributed by atoms with van der Waals surface area (Å²) in [5.74, 6) is -0.978. The summed E-state index contributed by atoms with van der Waals surface area (Å²) in [5, 5.41) is 2.23. The molecule has 0 bridgehead atoms. The van der Waals surface area contributed by atoms with Gasteiger partial charge in [0, 0.05) is 5.56 Å². The van der Waals surface area contributed by atoms with E-state index < -0.39 is 24.0 Å². The predicted molar refractivity (Wildman–Crippen MR) is 122 cm³/mol. The molecule has 3 aromatic carbocycles. The van der Waals surface area contributed by atoms with Crippen LogP contribution in [0.4, 0.5) is 11.4 Å². The molecule has 6 nitrogen and oxygen atoms in total. The van der Waals surface area contributed by atoms with Gasteiger partial charge in [-0.1, -0.05) is 59.6 Å². The minimum atomic E-state index is -0.980. The van der Waals surface area contributed by atoms with E-state index in [1.165, 1.54) is 6.07 Å². The Labute approximate surface area is 194 Å². The highest BCUT2D eigenvalue weighted by molar-refractivity contribution is 6.42. The average Bonchev–Trinajstić information content (AvgIpc) is 3.32. The van der Waals surface area contributed by atoms with Gasteiger partial charge in [0.1, 0.15) is 11.7 Å². The maximum Gasteiger partial charge on any atom is 0.266 e. The van der Waals surface area contributed by atoms with Crippen LogP contribution in [0.15, 0.2) is 72.8 Å². The number of benzene rings is 3. The van der Waals surface area contributed by atoms with E-state index in [9.17, 15) is 9.59 Å². The maximum absolute atomic E-state index is 13.6. The summed E-state index contributed by atoms with van der Waals surface area (Å²) >= 11 is 12.2. The molecule has 3 atom stereocenters. The van der Waals surface area contributed by atoms with Gasteiger partial charge in [-0.05, 0) is 36.4 Å². The van der Waals surface area contributed by atoms with Crippen LogP contribution in [0.3, 0.4) is 0 Å². The number of para-hydroxylation sites is 2. The van der Waals surface area contributed by atoms with Gasteiger partial charge in [0.15, 0.2) is 6.10 Å². The van der Waals surface area contributed by atoms with Crippen LogP contribution in [0.5, 0.6) is 5.75 Å². The highest BCUT2D eigenvalue weighted by Crippen LogP contribution is 2.49. The van der Waals surface area contributed by atoms with Crippen molar-refractivity contribution < 1.29 is 19.2 Å². The van der Waals surface area contributed by atoms with Crippen LogP contribution in [0, 0.1) is 5.92 Å². The molecule has 5 rings (SSSR count). The van der Waals surface area contributed by atoms with Crippen LogP contribution in [-0.2, 0) is 14.4 Å². The van der Waals surface area contributed by atoms with Gasteiger partial charge in [0.05, 0.1) is 34.6 Å². The van der Waals surface area contributed by atoms with E-state index in [0.717, 1.165) is 16.2 Å². The number of nitrogens with zero attached hydrogens (tertiary/aromatic N) is 2. The van der Waals surface area contributed by atoms with Crippen molar-refractivity contribution in [3.8, 4) is 5.75 Å². The topological polar surface area (TPSA) is 59.1 Å². The SMILES string of the molecule is COc1ccccc1[C@@H]1[C@@H]2C(=O)N(c3ccc(Cl)c(Cl)c3)C(=O)[C@H]2ON1c1ccccc1. The van der Waals surface area contributed by atoms with Gasteiger partial charge < -0.3 is 4.74 Å². The Morgan fingerprint density at radius 1 is 0.844 bits per heavy atom. The summed E-state index contributed by atoms with van der Waals surface area (Å²) in [6.45, 7) is 0. The van der Waals surface area contributed by atoms with E-state index in [2.05, 4.69) is 0 Å². The molecule has 32 heavy (non-hydrogen) atoms. The summed E-state index contributed by atoms with van der Waals surface area (Å²) in [4.78, 5) is 34.2. The van der Waals surface area contributed by atoms with Gasteiger partial charge in [-0.3, -0.25) is 14.4 Å². The zero-order valence-corrected chi connectivity index (χ0v) is 18.5. The highest BCUT2D eigenvalue weighted by Gasteiger charge is 2.60. The third-order valence-electron chi connectivity index (χ3n) is 5.75. The lowest BCUT2D eigenvalue weighted by Gasteiger charge is -2.29. The molecule has 0 aliphatic carbocycles. The maximum atomic E-state index is 13.6. The first kappa shape index (κ1) is 20.8. The molecular formula is C24H18Cl2N2O4.